The summed E-state index contributed by atoms with van der Waals surface area (Å²) in [7, 11) is 1.66. The van der Waals surface area contributed by atoms with Crippen LogP contribution < -0.4 is 4.74 Å². The average Bonchev–Trinajstić information content (AvgIpc) is 3.11. The first-order valence-corrected chi connectivity index (χ1v) is 8.85. The van der Waals surface area contributed by atoms with E-state index >= 15 is 0 Å². The van der Waals surface area contributed by atoms with E-state index in [0.29, 0.717) is 13.2 Å². The molecule has 0 N–H and O–H groups in total. The van der Waals surface area contributed by atoms with Crippen LogP contribution in [0.1, 0.15) is 23.3 Å². The predicted octanol–water partition coefficient (Wildman–Crippen LogP) is 4.46. The molecule has 2 aliphatic heterocycles. The van der Waals surface area contributed by atoms with Crippen LogP contribution in [0, 0.1) is 11.8 Å². The standard InChI is InChI=1S/C19H19BrO4/c1-21-17-8-7-13(9-16(17)20)19-15-11-22-10-14(15)18(23-24-19)12-5-3-2-4-6-12/h2-9,14-15,18-19H,10-11H2,1H3/t14-,15-,18-,19+/m0/s1. The monoisotopic (exact) mass is 390 g/mol. The first-order chi connectivity index (χ1) is 11.8. The third-order valence-corrected chi connectivity index (χ3v) is 5.46. The second-order valence-corrected chi connectivity index (χ2v) is 7.06. The van der Waals surface area contributed by atoms with Gasteiger partial charge in [-0.2, -0.15) is 0 Å². The number of methoxy groups -OCH3 is 1. The largest absolute Gasteiger partial charge is 0.496 e. The molecule has 2 aliphatic rings. The second kappa shape index (κ2) is 6.84. The molecule has 0 bridgehead atoms. The molecule has 4 nitrogen and oxygen atoms in total. The highest BCUT2D eigenvalue weighted by Crippen LogP contribution is 2.48. The van der Waals surface area contributed by atoms with Gasteiger partial charge >= 0.3 is 0 Å². The summed E-state index contributed by atoms with van der Waals surface area (Å²) in [5.74, 6) is 1.35. The van der Waals surface area contributed by atoms with Gasteiger partial charge in [-0.25, -0.2) is 9.78 Å². The Morgan fingerprint density at radius 2 is 1.58 bits per heavy atom. The van der Waals surface area contributed by atoms with Gasteiger partial charge in [-0.3, -0.25) is 0 Å². The maximum absolute atomic E-state index is 5.83. The van der Waals surface area contributed by atoms with Crippen molar-refractivity contribution in [1.29, 1.82) is 0 Å². The average molecular weight is 391 g/mol. The summed E-state index contributed by atoms with van der Waals surface area (Å²) in [6, 6.07) is 16.2. The third kappa shape index (κ3) is 2.86. The quantitative estimate of drug-likeness (QED) is 0.724. The van der Waals surface area contributed by atoms with Gasteiger partial charge in [0.05, 0.1) is 24.8 Å². The van der Waals surface area contributed by atoms with Crippen molar-refractivity contribution in [3.63, 3.8) is 0 Å². The third-order valence-electron chi connectivity index (χ3n) is 4.84. The van der Waals surface area contributed by atoms with Gasteiger partial charge in [-0.1, -0.05) is 36.4 Å². The fourth-order valence-electron chi connectivity index (χ4n) is 3.58. The van der Waals surface area contributed by atoms with E-state index in [-0.39, 0.29) is 24.0 Å². The van der Waals surface area contributed by atoms with Crippen molar-refractivity contribution in [2.45, 2.75) is 12.2 Å². The van der Waals surface area contributed by atoms with Crippen LogP contribution in [0.2, 0.25) is 0 Å². The van der Waals surface area contributed by atoms with Crippen molar-refractivity contribution in [1.82, 2.24) is 0 Å². The zero-order valence-corrected chi connectivity index (χ0v) is 14.9. The molecule has 24 heavy (non-hydrogen) atoms. The van der Waals surface area contributed by atoms with E-state index in [4.69, 9.17) is 19.2 Å². The molecule has 0 radical (unpaired) electrons. The highest BCUT2D eigenvalue weighted by atomic mass is 79.9. The van der Waals surface area contributed by atoms with Crippen molar-refractivity contribution in [3.05, 3.63) is 64.1 Å². The maximum Gasteiger partial charge on any atom is 0.133 e. The molecule has 2 aromatic rings. The van der Waals surface area contributed by atoms with Crippen LogP contribution in [-0.4, -0.2) is 20.3 Å². The lowest BCUT2D eigenvalue weighted by atomic mass is 9.81. The minimum Gasteiger partial charge on any atom is -0.496 e. The summed E-state index contributed by atoms with van der Waals surface area (Å²) < 4.78 is 12.0. The Kier molecular flexibility index (Phi) is 4.59. The fraction of sp³-hybridized carbons (Fsp3) is 0.368. The van der Waals surface area contributed by atoms with E-state index in [1.165, 1.54) is 0 Å². The summed E-state index contributed by atoms with van der Waals surface area (Å²) in [6.45, 7) is 1.38. The molecule has 0 aliphatic carbocycles. The van der Waals surface area contributed by atoms with Gasteiger partial charge in [-0.15, -0.1) is 0 Å². The SMILES string of the molecule is COc1ccc([C@H]2OO[C@@H](c3ccccc3)[C@H]3COC[C@@H]32)cc1Br. The Balaban J connectivity index is 1.61. The number of hydrogen-bond donors (Lipinski definition) is 0. The summed E-state index contributed by atoms with van der Waals surface area (Å²) >= 11 is 3.54. The van der Waals surface area contributed by atoms with Crippen molar-refractivity contribution < 1.29 is 19.2 Å². The van der Waals surface area contributed by atoms with E-state index in [1.54, 1.807) is 7.11 Å². The van der Waals surface area contributed by atoms with Crippen molar-refractivity contribution >= 4 is 15.9 Å². The van der Waals surface area contributed by atoms with E-state index in [9.17, 15) is 0 Å². The molecule has 4 atom stereocenters. The molecule has 2 fully saturated rings. The van der Waals surface area contributed by atoms with Gasteiger partial charge in [0.2, 0.25) is 0 Å². The second-order valence-electron chi connectivity index (χ2n) is 6.20. The minimum atomic E-state index is -0.139. The molecule has 2 saturated heterocycles. The first kappa shape index (κ1) is 16.1. The summed E-state index contributed by atoms with van der Waals surface area (Å²) in [5.41, 5.74) is 2.20. The van der Waals surface area contributed by atoms with Crippen molar-refractivity contribution in [2.24, 2.45) is 11.8 Å². The molecule has 0 aromatic heterocycles. The topological polar surface area (TPSA) is 36.9 Å². The van der Waals surface area contributed by atoms with Crippen LogP contribution in [0.15, 0.2) is 53.0 Å². The lowest BCUT2D eigenvalue weighted by molar-refractivity contribution is -0.403. The summed E-state index contributed by atoms with van der Waals surface area (Å²) in [5, 5.41) is 0. The maximum atomic E-state index is 5.83. The lowest BCUT2D eigenvalue weighted by Crippen LogP contribution is -2.34. The Morgan fingerprint density at radius 3 is 2.21 bits per heavy atom. The Bertz CT molecular complexity index is 706. The molecular formula is C19H19BrO4. The molecule has 5 heteroatoms. The number of fused-ring (bicyclic) bond motifs is 1. The smallest absolute Gasteiger partial charge is 0.133 e. The highest BCUT2D eigenvalue weighted by molar-refractivity contribution is 9.10. The van der Waals surface area contributed by atoms with Gasteiger partial charge in [0, 0.05) is 11.8 Å². The van der Waals surface area contributed by atoms with E-state index in [0.717, 1.165) is 21.3 Å². The Hall–Kier alpha value is -1.40. The van der Waals surface area contributed by atoms with Crippen LogP contribution in [-0.2, 0) is 14.5 Å². The lowest BCUT2D eigenvalue weighted by Gasteiger charge is -2.37. The van der Waals surface area contributed by atoms with Gasteiger partial charge in [0.1, 0.15) is 18.0 Å². The fourth-order valence-corrected chi connectivity index (χ4v) is 4.14. The summed E-state index contributed by atoms with van der Waals surface area (Å²) in [6.07, 6.45) is -0.226. The van der Waals surface area contributed by atoms with Crippen molar-refractivity contribution in [3.8, 4) is 5.75 Å². The number of ether oxygens (including phenoxy) is 2. The minimum absolute atomic E-state index is 0.0864. The van der Waals surface area contributed by atoms with Crippen LogP contribution in [0.5, 0.6) is 5.75 Å². The molecule has 0 amide bonds. The zero-order valence-electron chi connectivity index (χ0n) is 13.4. The van der Waals surface area contributed by atoms with Gasteiger partial charge in [-0.05, 0) is 39.2 Å². The molecule has 0 unspecified atom stereocenters. The van der Waals surface area contributed by atoms with Gasteiger partial charge in [0.15, 0.2) is 0 Å². The Morgan fingerprint density at radius 1 is 0.917 bits per heavy atom. The Labute approximate surface area is 149 Å². The van der Waals surface area contributed by atoms with Crippen LogP contribution in [0.25, 0.3) is 0 Å². The molecular weight excluding hydrogens is 372 g/mol. The van der Waals surface area contributed by atoms with Crippen LogP contribution in [0.4, 0.5) is 0 Å². The predicted molar refractivity (Wildman–Crippen MR) is 92.6 cm³/mol. The molecule has 4 rings (SSSR count). The highest BCUT2D eigenvalue weighted by Gasteiger charge is 2.46. The number of hydrogen-bond acceptors (Lipinski definition) is 4. The van der Waals surface area contributed by atoms with Gasteiger partial charge < -0.3 is 9.47 Å². The van der Waals surface area contributed by atoms with Crippen LogP contribution in [0.3, 0.4) is 0 Å². The molecule has 2 heterocycles. The van der Waals surface area contributed by atoms with Crippen molar-refractivity contribution in [2.75, 3.05) is 20.3 Å². The molecule has 0 spiro atoms. The zero-order chi connectivity index (χ0) is 16.5. The van der Waals surface area contributed by atoms with E-state index < -0.39 is 0 Å². The number of benzene rings is 2. The van der Waals surface area contributed by atoms with Crippen LogP contribution >= 0.6 is 15.9 Å². The summed E-state index contributed by atoms with van der Waals surface area (Å²) in [4.78, 5) is 11.6. The normalized spacial score (nSPS) is 29.2. The molecule has 2 aromatic carbocycles. The number of halogens is 1. The first-order valence-electron chi connectivity index (χ1n) is 8.06. The van der Waals surface area contributed by atoms with E-state index in [2.05, 4.69) is 28.1 Å². The molecule has 126 valence electrons. The van der Waals surface area contributed by atoms with Gasteiger partial charge in [0.25, 0.3) is 0 Å². The number of rotatable bonds is 3. The molecule has 0 saturated carbocycles. The van der Waals surface area contributed by atoms with E-state index in [1.807, 2.05) is 36.4 Å².